The molecule has 0 unspecified atom stereocenters. The molecule has 0 spiro atoms. The zero-order chi connectivity index (χ0) is 21.7. The van der Waals surface area contributed by atoms with Gasteiger partial charge in [-0.05, 0) is 23.3 Å². The van der Waals surface area contributed by atoms with E-state index < -0.39 is 22.0 Å². The maximum absolute atomic E-state index is 13.3. The fraction of sp³-hybridized carbons (Fsp3) is 0.125. The highest BCUT2D eigenvalue weighted by Crippen LogP contribution is 2.45. The van der Waals surface area contributed by atoms with Gasteiger partial charge in [-0.25, -0.2) is 4.90 Å². The van der Waals surface area contributed by atoms with Crippen molar-refractivity contribution < 1.29 is 14.4 Å². The monoisotopic (exact) mass is 448 g/mol. The zero-order valence-electron chi connectivity index (χ0n) is 16.6. The van der Waals surface area contributed by atoms with E-state index in [0.717, 1.165) is 16.0 Å². The summed E-state index contributed by atoms with van der Waals surface area (Å²) >= 11 is 2.72. The first-order valence-corrected chi connectivity index (χ1v) is 11.7. The van der Waals surface area contributed by atoms with Gasteiger partial charge in [-0.1, -0.05) is 102 Å². The van der Waals surface area contributed by atoms with E-state index in [4.69, 9.17) is 0 Å². The van der Waals surface area contributed by atoms with Crippen molar-refractivity contribution in [1.29, 1.82) is 0 Å². The van der Waals surface area contributed by atoms with Gasteiger partial charge in [0.15, 0.2) is 0 Å². The van der Waals surface area contributed by atoms with Crippen molar-refractivity contribution in [1.82, 2.24) is 10.2 Å². The van der Waals surface area contributed by atoms with Crippen LogP contribution in [0.1, 0.15) is 21.5 Å². The first-order valence-electron chi connectivity index (χ1n) is 9.71. The van der Waals surface area contributed by atoms with Gasteiger partial charge in [0.05, 0.1) is 0 Å². The van der Waals surface area contributed by atoms with Crippen LogP contribution in [-0.2, 0) is 21.1 Å². The first kappa shape index (κ1) is 21.2. The van der Waals surface area contributed by atoms with Gasteiger partial charge in [0.2, 0.25) is 4.33 Å². The molecule has 7 heteroatoms. The molecule has 0 aromatic heterocycles. The number of thioether (sulfide) groups is 2. The second-order valence-electron chi connectivity index (χ2n) is 6.90. The van der Waals surface area contributed by atoms with E-state index in [9.17, 15) is 14.4 Å². The van der Waals surface area contributed by atoms with E-state index in [1.54, 1.807) is 30.3 Å². The average molecular weight is 449 g/mol. The van der Waals surface area contributed by atoms with Crippen molar-refractivity contribution in [2.75, 3.05) is 0 Å². The van der Waals surface area contributed by atoms with Crippen LogP contribution in [-0.4, -0.2) is 26.9 Å². The smallest absolute Gasteiger partial charge is 0.307 e. The zero-order valence-corrected chi connectivity index (χ0v) is 18.2. The van der Waals surface area contributed by atoms with Crippen molar-refractivity contribution in [2.24, 2.45) is 0 Å². The highest BCUT2D eigenvalue weighted by Gasteiger charge is 2.54. The molecular weight excluding hydrogens is 428 g/mol. The lowest BCUT2D eigenvalue weighted by Crippen LogP contribution is -2.50. The lowest BCUT2D eigenvalue weighted by Gasteiger charge is -2.34. The van der Waals surface area contributed by atoms with Crippen molar-refractivity contribution in [3.8, 4) is 0 Å². The second kappa shape index (κ2) is 9.41. The van der Waals surface area contributed by atoms with Gasteiger partial charge < -0.3 is 5.32 Å². The summed E-state index contributed by atoms with van der Waals surface area (Å²) in [4.78, 5) is 39.7. The summed E-state index contributed by atoms with van der Waals surface area (Å²) in [6.45, 7) is 0. The lowest BCUT2D eigenvalue weighted by molar-refractivity contribution is -0.139. The summed E-state index contributed by atoms with van der Waals surface area (Å²) in [5, 5.41) is 2.80. The van der Waals surface area contributed by atoms with E-state index in [2.05, 4.69) is 5.32 Å². The molecule has 0 aliphatic carbocycles. The number of carbonyl (C=O) groups excluding carboxylic acids is 3. The van der Waals surface area contributed by atoms with E-state index in [0.29, 0.717) is 17.1 Å². The molecule has 1 aliphatic heterocycles. The predicted octanol–water partition coefficient (Wildman–Crippen LogP) is 4.26. The number of imide groups is 1. The first-order chi connectivity index (χ1) is 15.1. The summed E-state index contributed by atoms with van der Waals surface area (Å²) < 4.78 is -1.24. The summed E-state index contributed by atoms with van der Waals surface area (Å²) in [6.07, 6.45) is 0. The van der Waals surface area contributed by atoms with Crippen LogP contribution in [0.25, 0.3) is 0 Å². The Balaban J connectivity index is 1.68. The Morgan fingerprint density at radius 3 is 1.68 bits per heavy atom. The lowest BCUT2D eigenvalue weighted by atomic mass is 10.2. The quantitative estimate of drug-likeness (QED) is 0.332. The standard InChI is InChI=1S/C24H20N2O3S2/c27-21-23(29)26(22(28)20-14-8-3-9-15-20)24(25-21,30-16-18-10-4-1-5-11-18)31-17-19-12-6-2-7-13-19/h1-15H,16-17H2,(H,25,27). The van der Waals surface area contributed by atoms with Crippen molar-refractivity contribution in [3.63, 3.8) is 0 Å². The highest BCUT2D eigenvalue weighted by atomic mass is 32.2. The van der Waals surface area contributed by atoms with Crippen LogP contribution >= 0.6 is 23.5 Å². The van der Waals surface area contributed by atoms with Crippen LogP contribution in [0.15, 0.2) is 91.0 Å². The highest BCUT2D eigenvalue weighted by molar-refractivity contribution is 8.17. The summed E-state index contributed by atoms with van der Waals surface area (Å²) in [7, 11) is 0. The van der Waals surface area contributed by atoms with Crippen molar-refractivity contribution in [2.45, 2.75) is 15.8 Å². The number of amides is 3. The maximum atomic E-state index is 13.3. The third-order valence-corrected chi connectivity index (χ3v) is 7.76. The third kappa shape index (κ3) is 4.68. The number of nitrogens with zero attached hydrogens (tertiary/aromatic N) is 1. The van der Waals surface area contributed by atoms with E-state index >= 15 is 0 Å². The number of hydrogen-bond acceptors (Lipinski definition) is 5. The molecule has 156 valence electrons. The summed E-state index contributed by atoms with van der Waals surface area (Å²) in [6, 6.07) is 28.1. The van der Waals surface area contributed by atoms with E-state index in [-0.39, 0.29) is 0 Å². The van der Waals surface area contributed by atoms with Gasteiger partial charge >= 0.3 is 11.8 Å². The molecule has 4 rings (SSSR count). The van der Waals surface area contributed by atoms with Crippen LogP contribution < -0.4 is 5.32 Å². The van der Waals surface area contributed by atoms with Crippen LogP contribution in [0.5, 0.6) is 0 Å². The Morgan fingerprint density at radius 1 is 0.742 bits per heavy atom. The van der Waals surface area contributed by atoms with Gasteiger partial charge in [-0.15, -0.1) is 0 Å². The second-order valence-corrected chi connectivity index (χ2v) is 9.49. The van der Waals surface area contributed by atoms with Crippen LogP contribution in [0.2, 0.25) is 0 Å². The number of rotatable bonds is 7. The number of benzene rings is 3. The minimum atomic E-state index is -1.24. The Bertz CT molecular complexity index is 1030. The largest absolute Gasteiger partial charge is 0.322 e. The molecule has 3 amide bonds. The molecule has 0 atom stereocenters. The fourth-order valence-electron chi connectivity index (χ4n) is 3.18. The number of hydrogen-bond donors (Lipinski definition) is 1. The molecular formula is C24H20N2O3S2. The minimum Gasteiger partial charge on any atom is -0.307 e. The third-order valence-electron chi connectivity index (χ3n) is 4.74. The van der Waals surface area contributed by atoms with Crippen LogP contribution in [0.4, 0.5) is 0 Å². The minimum absolute atomic E-state index is 0.359. The normalized spacial score (nSPS) is 15.0. The maximum Gasteiger partial charge on any atom is 0.322 e. The van der Waals surface area contributed by atoms with Crippen LogP contribution in [0, 0.1) is 0 Å². The number of carbonyl (C=O) groups is 3. The number of nitrogens with one attached hydrogen (secondary N) is 1. The Morgan fingerprint density at radius 2 is 1.19 bits per heavy atom. The SMILES string of the molecule is O=C1NC(SCc2ccccc2)(SCc2ccccc2)N(C(=O)c2ccccc2)C1=O. The molecule has 1 saturated heterocycles. The predicted molar refractivity (Wildman–Crippen MR) is 124 cm³/mol. The van der Waals surface area contributed by atoms with Gasteiger partial charge in [0.1, 0.15) is 0 Å². The molecule has 1 heterocycles. The molecule has 0 saturated carbocycles. The molecule has 1 N–H and O–H groups in total. The molecule has 31 heavy (non-hydrogen) atoms. The molecule has 1 fully saturated rings. The molecule has 0 radical (unpaired) electrons. The van der Waals surface area contributed by atoms with E-state index in [1.165, 1.54) is 23.5 Å². The van der Waals surface area contributed by atoms with E-state index in [1.807, 2.05) is 60.7 Å². The molecule has 0 bridgehead atoms. The van der Waals surface area contributed by atoms with Gasteiger partial charge in [0, 0.05) is 17.1 Å². The topological polar surface area (TPSA) is 66.5 Å². The average Bonchev–Trinajstić information content (AvgIpc) is 3.08. The Labute approximate surface area is 189 Å². The Kier molecular flexibility index (Phi) is 6.44. The summed E-state index contributed by atoms with van der Waals surface area (Å²) in [5.74, 6) is -1.06. The fourth-order valence-corrected chi connectivity index (χ4v) is 5.89. The van der Waals surface area contributed by atoms with Crippen LogP contribution in [0.3, 0.4) is 0 Å². The molecule has 5 nitrogen and oxygen atoms in total. The van der Waals surface area contributed by atoms with Crippen molar-refractivity contribution >= 4 is 41.2 Å². The summed E-state index contributed by atoms with van der Waals surface area (Å²) in [5.41, 5.74) is 2.43. The van der Waals surface area contributed by atoms with Crippen molar-refractivity contribution in [3.05, 3.63) is 108 Å². The van der Waals surface area contributed by atoms with Gasteiger partial charge in [0.25, 0.3) is 5.91 Å². The van der Waals surface area contributed by atoms with Gasteiger partial charge in [-0.2, -0.15) is 0 Å². The molecule has 3 aromatic carbocycles. The molecule has 1 aliphatic rings. The van der Waals surface area contributed by atoms with Gasteiger partial charge in [-0.3, -0.25) is 14.4 Å². The molecule has 3 aromatic rings. The Hall–Kier alpha value is -3.03.